The van der Waals surface area contributed by atoms with E-state index in [1.54, 1.807) is 31.4 Å². The standard InChI is InChI=1S/C16H21NO3/c1-3-14(18)16(9-4-5-10-16)17-15(19)12-7-6-8-13(11-12)20-2/h6-8,11H,3-5,9-10H2,1-2H3,(H,17,19). The highest BCUT2D eigenvalue weighted by Gasteiger charge is 2.41. The summed E-state index contributed by atoms with van der Waals surface area (Å²) in [5.41, 5.74) is -0.130. The first kappa shape index (κ1) is 14.6. The van der Waals surface area contributed by atoms with Gasteiger partial charge in [0.25, 0.3) is 5.91 Å². The summed E-state index contributed by atoms with van der Waals surface area (Å²) in [6.45, 7) is 1.85. The monoisotopic (exact) mass is 275 g/mol. The quantitative estimate of drug-likeness (QED) is 0.899. The summed E-state index contributed by atoms with van der Waals surface area (Å²) in [6, 6.07) is 6.99. The summed E-state index contributed by atoms with van der Waals surface area (Å²) in [4.78, 5) is 24.6. The van der Waals surface area contributed by atoms with Gasteiger partial charge in [-0.25, -0.2) is 0 Å². The van der Waals surface area contributed by atoms with Gasteiger partial charge in [-0.1, -0.05) is 25.8 Å². The smallest absolute Gasteiger partial charge is 0.252 e. The average Bonchev–Trinajstić information content (AvgIpc) is 2.96. The first-order chi connectivity index (χ1) is 9.61. The Hall–Kier alpha value is -1.84. The number of rotatable bonds is 5. The maximum atomic E-state index is 12.4. The van der Waals surface area contributed by atoms with E-state index in [4.69, 9.17) is 4.74 Å². The van der Waals surface area contributed by atoms with Gasteiger partial charge in [0.2, 0.25) is 0 Å². The van der Waals surface area contributed by atoms with Crippen LogP contribution in [-0.2, 0) is 4.79 Å². The van der Waals surface area contributed by atoms with E-state index >= 15 is 0 Å². The van der Waals surface area contributed by atoms with Crippen LogP contribution in [0.15, 0.2) is 24.3 Å². The van der Waals surface area contributed by atoms with Gasteiger partial charge in [-0.15, -0.1) is 0 Å². The molecule has 2 rings (SSSR count). The Kier molecular flexibility index (Phi) is 4.42. The Morgan fingerprint density at radius 2 is 2.00 bits per heavy atom. The molecule has 4 heteroatoms. The van der Waals surface area contributed by atoms with Crippen molar-refractivity contribution in [2.24, 2.45) is 0 Å². The van der Waals surface area contributed by atoms with Crippen molar-refractivity contribution in [1.82, 2.24) is 5.32 Å². The lowest BCUT2D eigenvalue weighted by Crippen LogP contribution is -2.52. The van der Waals surface area contributed by atoms with Crippen molar-refractivity contribution in [3.05, 3.63) is 29.8 Å². The largest absolute Gasteiger partial charge is 0.497 e. The molecule has 1 aromatic carbocycles. The van der Waals surface area contributed by atoms with E-state index < -0.39 is 5.54 Å². The number of methoxy groups -OCH3 is 1. The van der Waals surface area contributed by atoms with E-state index in [-0.39, 0.29) is 11.7 Å². The zero-order valence-corrected chi connectivity index (χ0v) is 12.1. The Balaban J connectivity index is 2.18. The highest BCUT2D eigenvalue weighted by Crippen LogP contribution is 2.32. The van der Waals surface area contributed by atoms with E-state index in [0.29, 0.717) is 17.7 Å². The number of carbonyl (C=O) groups is 2. The fraction of sp³-hybridized carbons (Fsp3) is 0.500. The summed E-state index contributed by atoms with van der Waals surface area (Å²) >= 11 is 0. The van der Waals surface area contributed by atoms with Crippen LogP contribution in [0, 0.1) is 0 Å². The summed E-state index contributed by atoms with van der Waals surface area (Å²) in [6.07, 6.45) is 3.93. The number of ether oxygens (including phenoxy) is 1. The van der Waals surface area contributed by atoms with E-state index in [9.17, 15) is 9.59 Å². The third kappa shape index (κ3) is 2.84. The molecule has 0 heterocycles. The van der Waals surface area contributed by atoms with Gasteiger partial charge in [0.15, 0.2) is 5.78 Å². The fourth-order valence-corrected chi connectivity index (χ4v) is 2.84. The van der Waals surface area contributed by atoms with Gasteiger partial charge in [0.05, 0.1) is 12.6 Å². The van der Waals surface area contributed by atoms with Crippen LogP contribution in [0.4, 0.5) is 0 Å². The third-order valence-corrected chi connectivity index (χ3v) is 4.00. The van der Waals surface area contributed by atoms with Crippen molar-refractivity contribution in [1.29, 1.82) is 0 Å². The normalized spacial score (nSPS) is 16.7. The topological polar surface area (TPSA) is 55.4 Å². The van der Waals surface area contributed by atoms with Gasteiger partial charge >= 0.3 is 0 Å². The maximum Gasteiger partial charge on any atom is 0.252 e. The maximum absolute atomic E-state index is 12.4. The lowest BCUT2D eigenvalue weighted by atomic mass is 9.90. The van der Waals surface area contributed by atoms with E-state index in [1.807, 2.05) is 6.92 Å². The van der Waals surface area contributed by atoms with Gasteiger partial charge in [0, 0.05) is 12.0 Å². The molecule has 1 saturated carbocycles. The highest BCUT2D eigenvalue weighted by molar-refractivity contribution is 6.00. The molecular weight excluding hydrogens is 254 g/mol. The third-order valence-electron chi connectivity index (χ3n) is 4.00. The molecule has 108 valence electrons. The van der Waals surface area contributed by atoms with Crippen LogP contribution in [-0.4, -0.2) is 24.3 Å². The second-order valence-electron chi connectivity index (χ2n) is 5.25. The van der Waals surface area contributed by atoms with Crippen LogP contribution in [0.5, 0.6) is 5.75 Å². The first-order valence-corrected chi connectivity index (χ1v) is 7.11. The molecule has 1 fully saturated rings. The molecule has 0 radical (unpaired) electrons. The predicted molar refractivity (Wildman–Crippen MR) is 77.0 cm³/mol. The second kappa shape index (κ2) is 6.07. The van der Waals surface area contributed by atoms with Gasteiger partial charge in [-0.2, -0.15) is 0 Å². The molecule has 0 aromatic heterocycles. The Labute approximate surface area is 119 Å². The Morgan fingerprint density at radius 1 is 1.30 bits per heavy atom. The van der Waals surface area contributed by atoms with E-state index in [1.165, 1.54) is 0 Å². The van der Waals surface area contributed by atoms with Gasteiger partial charge in [-0.05, 0) is 31.0 Å². The minimum Gasteiger partial charge on any atom is -0.497 e. The van der Waals surface area contributed by atoms with Gasteiger partial charge in [-0.3, -0.25) is 9.59 Å². The molecule has 1 aromatic rings. The molecule has 0 unspecified atom stereocenters. The molecule has 4 nitrogen and oxygen atoms in total. The van der Waals surface area contributed by atoms with Crippen LogP contribution in [0.3, 0.4) is 0 Å². The number of carbonyl (C=O) groups excluding carboxylic acids is 2. The highest BCUT2D eigenvalue weighted by atomic mass is 16.5. The number of hydrogen-bond donors (Lipinski definition) is 1. The van der Waals surface area contributed by atoms with Crippen LogP contribution in [0.25, 0.3) is 0 Å². The SMILES string of the molecule is CCC(=O)C1(NC(=O)c2cccc(OC)c2)CCCC1. The fourth-order valence-electron chi connectivity index (χ4n) is 2.84. The molecule has 1 aliphatic rings. The number of benzene rings is 1. The molecule has 0 aliphatic heterocycles. The molecule has 0 atom stereocenters. The molecule has 1 N–H and O–H groups in total. The van der Waals surface area contributed by atoms with Gasteiger partial charge in [0.1, 0.15) is 5.75 Å². The Bertz CT molecular complexity index is 504. The van der Waals surface area contributed by atoms with E-state index in [0.717, 1.165) is 25.7 Å². The van der Waals surface area contributed by atoms with E-state index in [2.05, 4.69) is 5.32 Å². The van der Waals surface area contributed by atoms with Crippen molar-refractivity contribution >= 4 is 11.7 Å². The van der Waals surface area contributed by atoms with Crippen molar-refractivity contribution in [2.75, 3.05) is 7.11 Å². The number of ketones is 1. The minimum absolute atomic E-state index is 0.131. The molecule has 20 heavy (non-hydrogen) atoms. The molecule has 0 spiro atoms. The summed E-state index contributed by atoms with van der Waals surface area (Å²) in [7, 11) is 1.57. The number of Topliss-reactive ketones (excluding diaryl/α,β-unsaturated/α-hetero) is 1. The zero-order chi connectivity index (χ0) is 14.6. The van der Waals surface area contributed by atoms with Crippen LogP contribution in [0.1, 0.15) is 49.4 Å². The number of amides is 1. The summed E-state index contributed by atoms with van der Waals surface area (Å²) in [5, 5.41) is 2.97. The molecule has 1 amide bonds. The van der Waals surface area contributed by atoms with Gasteiger partial charge < -0.3 is 10.1 Å². The molecular formula is C16H21NO3. The number of nitrogens with one attached hydrogen (secondary N) is 1. The van der Waals surface area contributed by atoms with Crippen LogP contribution >= 0.6 is 0 Å². The zero-order valence-electron chi connectivity index (χ0n) is 12.1. The van der Waals surface area contributed by atoms with Crippen molar-refractivity contribution < 1.29 is 14.3 Å². The van der Waals surface area contributed by atoms with Crippen molar-refractivity contribution in [3.8, 4) is 5.75 Å². The molecule has 1 aliphatic carbocycles. The molecule has 0 saturated heterocycles. The van der Waals surface area contributed by atoms with Crippen LogP contribution < -0.4 is 10.1 Å². The summed E-state index contributed by atoms with van der Waals surface area (Å²) < 4.78 is 5.12. The minimum atomic E-state index is -0.658. The predicted octanol–water partition coefficient (Wildman–Crippen LogP) is 2.72. The van der Waals surface area contributed by atoms with Crippen molar-refractivity contribution in [3.63, 3.8) is 0 Å². The second-order valence-corrected chi connectivity index (χ2v) is 5.25. The summed E-state index contributed by atoms with van der Waals surface area (Å²) in [5.74, 6) is 0.568. The lowest BCUT2D eigenvalue weighted by molar-refractivity contribution is -0.124. The number of hydrogen-bond acceptors (Lipinski definition) is 3. The van der Waals surface area contributed by atoms with Crippen LogP contribution in [0.2, 0.25) is 0 Å². The van der Waals surface area contributed by atoms with Crippen molar-refractivity contribution in [2.45, 2.75) is 44.6 Å². The Morgan fingerprint density at radius 3 is 2.60 bits per heavy atom. The lowest BCUT2D eigenvalue weighted by Gasteiger charge is -2.28. The first-order valence-electron chi connectivity index (χ1n) is 7.11. The molecule has 0 bridgehead atoms. The average molecular weight is 275 g/mol.